The molecule has 0 unspecified atom stereocenters. The highest BCUT2D eigenvalue weighted by molar-refractivity contribution is 6.35. The summed E-state index contributed by atoms with van der Waals surface area (Å²) in [5, 5.41) is 5.49. The van der Waals surface area contributed by atoms with Gasteiger partial charge in [0.25, 0.3) is 5.91 Å². The number of ether oxygens (including phenoxy) is 1. The fraction of sp³-hybridized carbons (Fsp3) is 0.250. The Hall–Kier alpha value is -2.76. The first-order valence-corrected chi connectivity index (χ1v) is 10.8. The van der Waals surface area contributed by atoms with Crippen LogP contribution in [0.15, 0.2) is 54.6 Å². The third kappa shape index (κ3) is 4.48. The zero-order chi connectivity index (χ0) is 22.0. The largest absolute Gasteiger partial charge is 0.496 e. The number of rotatable bonds is 4. The third-order valence-electron chi connectivity index (χ3n) is 5.60. The molecule has 5 nitrogen and oxygen atoms in total. The summed E-state index contributed by atoms with van der Waals surface area (Å²) in [6.45, 7) is 0.962. The van der Waals surface area contributed by atoms with E-state index in [4.69, 9.17) is 27.9 Å². The van der Waals surface area contributed by atoms with Crippen LogP contribution in [0.2, 0.25) is 10.0 Å². The summed E-state index contributed by atoms with van der Waals surface area (Å²) >= 11 is 12.2. The van der Waals surface area contributed by atoms with Crippen molar-refractivity contribution in [2.24, 2.45) is 5.92 Å². The average molecular weight is 457 g/mol. The highest BCUT2D eigenvalue weighted by Crippen LogP contribution is 2.31. The van der Waals surface area contributed by atoms with Gasteiger partial charge >= 0.3 is 0 Å². The van der Waals surface area contributed by atoms with Crippen LogP contribution in [0.25, 0.3) is 10.8 Å². The van der Waals surface area contributed by atoms with Crippen molar-refractivity contribution < 1.29 is 14.3 Å². The van der Waals surface area contributed by atoms with Crippen LogP contribution in [0.1, 0.15) is 23.2 Å². The molecule has 3 aromatic rings. The van der Waals surface area contributed by atoms with E-state index in [0.29, 0.717) is 40.8 Å². The maximum absolute atomic E-state index is 13.4. The average Bonchev–Trinajstić information content (AvgIpc) is 2.80. The lowest BCUT2D eigenvalue weighted by atomic mass is 9.95. The summed E-state index contributed by atoms with van der Waals surface area (Å²) in [5.74, 6) is 0.150. The number of piperidine rings is 1. The molecule has 1 aliphatic rings. The molecule has 31 heavy (non-hydrogen) atoms. The Bertz CT molecular complexity index is 1150. The minimum atomic E-state index is -0.322. The molecule has 1 N–H and O–H groups in total. The SMILES string of the molecule is COc1ccc(C(=O)N2CCC[C@@H](C(=O)Nc3cc(Cl)ccc3Cl)C2)c2ccccc12. The summed E-state index contributed by atoms with van der Waals surface area (Å²) in [4.78, 5) is 28.0. The van der Waals surface area contributed by atoms with Gasteiger partial charge in [0.05, 0.1) is 23.7 Å². The minimum absolute atomic E-state index is 0.0860. The third-order valence-corrected chi connectivity index (χ3v) is 6.16. The fourth-order valence-corrected chi connectivity index (χ4v) is 4.35. The molecule has 160 valence electrons. The molecular formula is C24H22Cl2N2O3. The van der Waals surface area contributed by atoms with E-state index in [1.807, 2.05) is 30.3 Å². The molecule has 0 aliphatic carbocycles. The number of carbonyl (C=O) groups excluding carboxylic acids is 2. The van der Waals surface area contributed by atoms with Crippen LogP contribution in [0, 0.1) is 5.92 Å². The standard InChI is InChI=1S/C24H22Cl2N2O3/c1-31-22-11-9-19(17-6-2-3-7-18(17)22)24(30)28-12-4-5-15(14-28)23(29)27-21-13-16(25)8-10-20(21)26/h2-3,6-11,13,15H,4-5,12,14H2,1H3,(H,27,29)/t15-/m1/s1. The van der Waals surface area contributed by atoms with Crippen LogP contribution < -0.4 is 10.1 Å². The fourth-order valence-electron chi connectivity index (χ4n) is 4.01. The maximum atomic E-state index is 13.4. The van der Waals surface area contributed by atoms with Gasteiger partial charge in [-0.3, -0.25) is 9.59 Å². The van der Waals surface area contributed by atoms with Crippen molar-refractivity contribution in [3.63, 3.8) is 0 Å². The van der Waals surface area contributed by atoms with E-state index in [1.54, 1.807) is 36.3 Å². The van der Waals surface area contributed by atoms with Gasteiger partial charge in [-0.2, -0.15) is 0 Å². The van der Waals surface area contributed by atoms with E-state index >= 15 is 0 Å². The highest BCUT2D eigenvalue weighted by atomic mass is 35.5. The molecule has 1 atom stereocenters. The molecule has 3 aromatic carbocycles. The molecule has 1 aliphatic heterocycles. The normalized spacial score (nSPS) is 16.2. The molecule has 1 heterocycles. The van der Waals surface area contributed by atoms with Gasteiger partial charge in [0.2, 0.25) is 5.91 Å². The van der Waals surface area contributed by atoms with Crippen molar-refractivity contribution in [2.75, 3.05) is 25.5 Å². The van der Waals surface area contributed by atoms with Gasteiger partial charge < -0.3 is 15.0 Å². The monoisotopic (exact) mass is 456 g/mol. The van der Waals surface area contributed by atoms with Crippen LogP contribution in [0.5, 0.6) is 5.75 Å². The number of methoxy groups -OCH3 is 1. The van der Waals surface area contributed by atoms with Crippen molar-refractivity contribution in [3.8, 4) is 5.75 Å². The first-order valence-electron chi connectivity index (χ1n) is 10.1. The summed E-state index contributed by atoms with van der Waals surface area (Å²) in [7, 11) is 1.61. The van der Waals surface area contributed by atoms with E-state index in [-0.39, 0.29) is 17.7 Å². The second kappa shape index (κ2) is 9.16. The summed E-state index contributed by atoms with van der Waals surface area (Å²) in [6.07, 6.45) is 1.46. The van der Waals surface area contributed by atoms with E-state index in [9.17, 15) is 9.59 Å². The molecule has 0 radical (unpaired) electrons. The quantitative estimate of drug-likeness (QED) is 0.551. The van der Waals surface area contributed by atoms with Gasteiger partial charge in [0.15, 0.2) is 0 Å². The summed E-state index contributed by atoms with van der Waals surface area (Å²) in [5.41, 5.74) is 1.08. The van der Waals surface area contributed by atoms with Gasteiger partial charge in [-0.05, 0) is 48.6 Å². The zero-order valence-electron chi connectivity index (χ0n) is 17.0. The van der Waals surface area contributed by atoms with Gasteiger partial charge in [0.1, 0.15) is 5.75 Å². The highest BCUT2D eigenvalue weighted by Gasteiger charge is 2.30. The molecule has 0 saturated carbocycles. The van der Waals surface area contributed by atoms with Crippen LogP contribution in [0.4, 0.5) is 5.69 Å². The number of anilines is 1. The first kappa shape index (κ1) is 21.5. The van der Waals surface area contributed by atoms with Crippen molar-refractivity contribution >= 4 is 51.5 Å². The van der Waals surface area contributed by atoms with E-state index in [2.05, 4.69) is 5.32 Å². The number of amides is 2. The van der Waals surface area contributed by atoms with Crippen LogP contribution in [-0.2, 0) is 4.79 Å². The lowest BCUT2D eigenvalue weighted by molar-refractivity contribution is -0.121. The van der Waals surface area contributed by atoms with E-state index in [1.165, 1.54) is 0 Å². The lowest BCUT2D eigenvalue weighted by Crippen LogP contribution is -2.43. The lowest BCUT2D eigenvalue weighted by Gasteiger charge is -2.32. The summed E-state index contributed by atoms with van der Waals surface area (Å²) in [6, 6.07) is 16.2. The predicted molar refractivity (Wildman–Crippen MR) is 124 cm³/mol. The summed E-state index contributed by atoms with van der Waals surface area (Å²) < 4.78 is 5.43. The molecule has 0 spiro atoms. The number of hydrogen-bond acceptors (Lipinski definition) is 3. The molecule has 7 heteroatoms. The van der Waals surface area contributed by atoms with E-state index < -0.39 is 0 Å². The number of benzene rings is 3. The number of likely N-dealkylation sites (tertiary alicyclic amines) is 1. The molecule has 4 rings (SSSR count). The van der Waals surface area contributed by atoms with Gasteiger partial charge in [-0.25, -0.2) is 0 Å². The number of carbonyl (C=O) groups is 2. The van der Waals surface area contributed by atoms with Gasteiger partial charge in [0, 0.05) is 29.1 Å². The minimum Gasteiger partial charge on any atom is -0.496 e. The number of halogens is 2. The van der Waals surface area contributed by atoms with Crippen LogP contribution >= 0.6 is 23.2 Å². The number of fused-ring (bicyclic) bond motifs is 1. The van der Waals surface area contributed by atoms with E-state index in [0.717, 1.165) is 22.9 Å². The topological polar surface area (TPSA) is 58.6 Å². The van der Waals surface area contributed by atoms with Crippen LogP contribution in [0.3, 0.4) is 0 Å². The molecular weight excluding hydrogens is 435 g/mol. The second-order valence-corrected chi connectivity index (χ2v) is 8.41. The molecule has 1 saturated heterocycles. The Morgan fingerprint density at radius 2 is 1.84 bits per heavy atom. The molecule has 0 aromatic heterocycles. The van der Waals surface area contributed by atoms with Crippen molar-refractivity contribution in [2.45, 2.75) is 12.8 Å². The Morgan fingerprint density at radius 1 is 1.06 bits per heavy atom. The number of nitrogens with one attached hydrogen (secondary N) is 1. The first-order chi connectivity index (χ1) is 15.0. The molecule has 2 amide bonds. The smallest absolute Gasteiger partial charge is 0.254 e. The number of nitrogens with zero attached hydrogens (tertiary/aromatic N) is 1. The molecule has 1 fully saturated rings. The van der Waals surface area contributed by atoms with Gasteiger partial charge in [-0.15, -0.1) is 0 Å². The Labute approximate surface area is 190 Å². The Morgan fingerprint density at radius 3 is 2.61 bits per heavy atom. The zero-order valence-corrected chi connectivity index (χ0v) is 18.5. The Kier molecular flexibility index (Phi) is 6.35. The number of hydrogen-bond donors (Lipinski definition) is 1. The van der Waals surface area contributed by atoms with Crippen molar-refractivity contribution in [3.05, 3.63) is 70.2 Å². The van der Waals surface area contributed by atoms with Gasteiger partial charge in [-0.1, -0.05) is 47.5 Å². The Balaban J connectivity index is 1.54. The predicted octanol–water partition coefficient (Wildman–Crippen LogP) is 5.65. The van der Waals surface area contributed by atoms with Crippen molar-refractivity contribution in [1.82, 2.24) is 4.90 Å². The maximum Gasteiger partial charge on any atom is 0.254 e. The second-order valence-electron chi connectivity index (χ2n) is 7.56. The van der Waals surface area contributed by atoms with Crippen molar-refractivity contribution in [1.29, 1.82) is 0 Å². The molecule has 0 bridgehead atoms. The van der Waals surface area contributed by atoms with Crippen LogP contribution in [-0.4, -0.2) is 36.9 Å².